The van der Waals surface area contributed by atoms with E-state index in [2.05, 4.69) is 0 Å². The molecule has 106 valence electrons. The van der Waals surface area contributed by atoms with Gasteiger partial charge in [-0.2, -0.15) is 0 Å². The molecule has 0 unspecified atom stereocenters. The van der Waals surface area contributed by atoms with E-state index in [0.717, 1.165) is 11.1 Å². The van der Waals surface area contributed by atoms with Gasteiger partial charge >= 0.3 is 11.9 Å². The van der Waals surface area contributed by atoms with E-state index in [9.17, 15) is 9.59 Å². The fourth-order valence-electron chi connectivity index (χ4n) is 1.22. The fourth-order valence-corrected chi connectivity index (χ4v) is 1.22. The molecule has 0 aromatic heterocycles. The normalized spacial score (nSPS) is 9.40. The van der Waals surface area contributed by atoms with E-state index < -0.39 is 11.9 Å². The van der Waals surface area contributed by atoms with E-state index in [1.807, 2.05) is 27.7 Å². The van der Waals surface area contributed by atoms with Crippen molar-refractivity contribution in [2.24, 2.45) is 0 Å². The number of rotatable bonds is 4. The highest BCUT2D eigenvalue weighted by Gasteiger charge is 2.09. The van der Waals surface area contributed by atoms with Crippen molar-refractivity contribution in [3.8, 4) is 0 Å². The van der Waals surface area contributed by atoms with Gasteiger partial charge in [0.05, 0.1) is 23.7 Å². The molecule has 0 spiro atoms. The van der Waals surface area contributed by atoms with Crippen LogP contribution >= 0.6 is 0 Å². The molecule has 0 aliphatic rings. The van der Waals surface area contributed by atoms with Gasteiger partial charge in [-0.25, -0.2) is 9.59 Å². The molecule has 0 amide bonds. The van der Waals surface area contributed by atoms with Crippen LogP contribution in [0.3, 0.4) is 0 Å². The first-order chi connectivity index (χ1) is 9.40. The molecule has 4 heteroatoms. The van der Waals surface area contributed by atoms with Crippen molar-refractivity contribution >= 4 is 11.9 Å². The van der Waals surface area contributed by atoms with E-state index in [0.29, 0.717) is 11.1 Å². The number of allylic oxidation sites excluding steroid dienone is 2. The van der Waals surface area contributed by atoms with Crippen LogP contribution in [-0.2, 0) is 9.47 Å². The van der Waals surface area contributed by atoms with Crippen molar-refractivity contribution in [3.63, 3.8) is 0 Å². The summed E-state index contributed by atoms with van der Waals surface area (Å²) in [6, 6.07) is 6.11. The Bertz CT molecular complexity index is 491. The van der Waals surface area contributed by atoms with Gasteiger partial charge in [-0.1, -0.05) is 0 Å². The molecular formula is C16H18O4. The lowest BCUT2D eigenvalue weighted by Crippen LogP contribution is -2.04. The van der Waals surface area contributed by atoms with Gasteiger partial charge < -0.3 is 9.47 Å². The number of carbonyl (C=O) groups excluding carboxylic acids is 2. The molecule has 0 bridgehead atoms. The van der Waals surface area contributed by atoms with Crippen LogP contribution in [-0.4, -0.2) is 11.9 Å². The van der Waals surface area contributed by atoms with Crippen molar-refractivity contribution in [2.45, 2.75) is 27.7 Å². The third-order valence-corrected chi connectivity index (χ3v) is 2.16. The maximum Gasteiger partial charge on any atom is 0.342 e. The highest BCUT2D eigenvalue weighted by atomic mass is 16.5. The number of ether oxygens (including phenoxy) is 2. The molecule has 20 heavy (non-hydrogen) atoms. The topological polar surface area (TPSA) is 52.6 Å². The summed E-state index contributed by atoms with van der Waals surface area (Å²) in [5, 5.41) is 0. The van der Waals surface area contributed by atoms with Crippen molar-refractivity contribution in [1.82, 2.24) is 0 Å². The molecule has 0 aliphatic carbocycles. The number of esters is 2. The van der Waals surface area contributed by atoms with Crippen LogP contribution in [0, 0.1) is 0 Å². The summed E-state index contributed by atoms with van der Waals surface area (Å²) in [5.41, 5.74) is 2.53. The van der Waals surface area contributed by atoms with E-state index >= 15 is 0 Å². The summed E-state index contributed by atoms with van der Waals surface area (Å²) in [6.45, 7) is 7.32. The number of carbonyl (C=O) groups is 2. The maximum absolute atomic E-state index is 11.7. The predicted octanol–water partition coefficient (Wildman–Crippen LogP) is 3.85. The van der Waals surface area contributed by atoms with Gasteiger partial charge in [-0.15, -0.1) is 0 Å². The minimum Gasteiger partial charge on any atom is -0.431 e. The SMILES string of the molecule is CC(C)=COC(=O)c1ccc(C(=O)OC=C(C)C)cc1. The lowest BCUT2D eigenvalue weighted by molar-refractivity contribution is 0.0646. The van der Waals surface area contributed by atoms with Crippen LogP contribution < -0.4 is 0 Å². The molecule has 0 atom stereocenters. The van der Waals surface area contributed by atoms with Gasteiger partial charge in [-0.3, -0.25) is 0 Å². The van der Waals surface area contributed by atoms with Gasteiger partial charge in [-0.05, 0) is 63.1 Å². The second-order valence-corrected chi connectivity index (χ2v) is 4.78. The van der Waals surface area contributed by atoms with Crippen LogP contribution in [0.2, 0.25) is 0 Å². The van der Waals surface area contributed by atoms with Crippen LogP contribution in [0.15, 0.2) is 47.9 Å². The fraction of sp³-hybridized carbons (Fsp3) is 0.250. The highest BCUT2D eigenvalue weighted by molar-refractivity contribution is 5.93. The summed E-state index contributed by atoms with van der Waals surface area (Å²) in [4.78, 5) is 23.3. The minimum absolute atomic E-state index is 0.376. The van der Waals surface area contributed by atoms with Crippen molar-refractivity contribution in [2.75, 3.05) is 0 Å². The zero-order chi connectivity index (χ0) is 15.1. The van der Waals surface area contributed by atoms with Gasteiger partial charge in [0.15, 0.2) is 0 Å². The summed E-state index contributed by atoms with van der Waals surface area (Å²) < 4.78 is 9.88. The zero-order valence-corrected chi connectivity index (χ0v) is 12.1. The Morgan fingerprint density at radius 2 is 1.05 bits per heavy atom. The van der Waals surface area contributed by atoms with Gasteiger partial charge in [0, 0.05) is 0 Å². The summed E-state index contributed by atoms with van der Waals surface area (Å²) >= 11 is 0. The zero-order valence-electron chi connectivity index (χ0n) is 12.1. The molecule has 0 saturated heterocycles. The van der Waals surface area contributed by atoms with E-state index in [-0.39, 0.29) is 0 Å². The first-order valence-electron chi connectivity index (χ1n) is 6.19. The van der Waals surface area contributed by atoms with Crippen molar-refractivity contribution < 1.29 is 19.1 Å². The summed E-state index contributed by atoms with van der Waals surface area (Å²) in [7, 11) is 0. The summed E-state index contributed by atoms with van der Waals surface area (Å²) in [6.07, 6.45) is 2.78. The monoisotopic (exact) mass is 274 g/mol. The quantitative estimate of drug-likeness (QED) is 0.618. The van der Waals surface area contributed by atoms with Gasteiger partial charge in [0.2, 0.25) is 0 Å². The Kier molecular flexibility index (Phi) is 5.72. The first-order valence-corrected chi connectivity index (χ1v) is 6.19. The Hall–Kier alpha value is -2.36. The lowest BCUT2D eigenvalue weighted by atomic mass is 10.1. The molecule has 0 saturated carbocycles. The lowest BCUT2D eigenvalue weighted by Gasteiger charge is -2.03. The minimum atomic E-state index is -0.463. The average molecular weight is 274 g/mol. The van der Waals surface area contributed by atoms with Crippen molar-refractivity contribution in [1.29, 1.82) is 0 Å². The molecule has 1 aromatic rings. The molecular weight excluding hydrogens is 256 g/mol. The Morgan fingerprint density at radius 3 is 1.30 bits per heavy atom. The van der Waals surface area contributed by atoms with Crippen LogP contribution in [0.4, 0.5) is 0 Å². The number of hydrogen-bond acceptors (Lipinski definition) is 4. The van der Waals surface area contributed by atoms with Gasteiger partial charge in [0.25, 0.3) is 0 Å². The number of hydrogen-bond donors (Lipinski definition) is 0. The largest absolute Gasteiger partial charge is 0.431 e. The van der Waals surface area contributed by atoms with E-state index in [4.69, 9.17) is 9.47 Å². The Labute approximate surface area is 118 Å². The molecule has 1 rings (SSSR count). The molecule has 0 N–H and O–H groups in total. The molecule has 0 fully saturated rings. The third-order valence-electron chi connectivity index (χ3n) is 2.16. The molecule has 0 aliphatic heterocycles. The van der Waals surface area contributed by atoms with Crippen LogP contribution in [0.5, 0.6) is 0 Å². The maximum atomic E-state index is 11.7. The van der Waals surface area contributed by atoms with Gasteiger partial charge in [0.1, 0.15) is 0 Å². The summed E-state index contributed by atoms with van der Waals surface area (Å²) in [5.74, 6) is -0.925. The average Bonchev–Trinajstić information content (AvgIpc) is 2.42. The highest BCUT2D eigenvalue weighted by Crippen LogP contribution is 2.09. The Balaban J connectivity index is 2.73. The molecule has 4 nitrogen and oxygen atoms in total. The second kappa shape index (κ2) is 7.28. The predicted molar refractivity (Wildman–Crippen MR) is 76.1 cm³/mol. The van der Waals surface area contributed by atoms with E-state index in [1.165, 1.54) is 36.8 Å². The van der Waals surface area contributed by atoms with E-state index in [1.54, 1.807) is 0 Å². The smallest absolute Gasteiger partial charge is 0.342 e. The third kappa shape index (κ3) is 5.10. The standard InChI is InChI=1S/C16H18O4/c1-11(2)9-19-15(17)13-5-7-14(8-6-13)16(18)20-10-12(3)4/h5-10H,1-4H3. The Morgan fingerprint density at radius 1 is 0.750 bits per heavy atom. The van der Waals surface area contributed by atoms with Crippen LogP contribution in [0.25, 0.3) is 0 Å². The first kappa shape index (κ1) is 15.7. The molecule has 0 heterocycles. The van der Waals surface area contributed by atoms with Crippen LogP contribution in [0.1, 0.15) is 48.4 Å². The second-order valence-electron chi connectivity index (χ2n) is 4.78. The van der Waals surface area contributed by atoms with Crippen molar-refractivity contribution in [3.05, 3.63) is 59.1 Å². The number of benzene rings is 1. The molecule has 1 aromatic carbocycles. The molecule has 0 radical (unpaired) electrons.